The van der Waals surface area contributed by atoms with Crippen molar-refractivity contribution in [3.63, 3.8) is 0 Å². The number of thiol groups is 1. The van der Waals surface area contributed by atoms with Crippen LogP contribution in [0.15, 0.2) is 40.2 Å². The molecule has 2 aromatic carbocycles. The van der Waals surface area contributed by atoms with E-state index in [2.05, 4.69) is 22.9 Å². The van der Waals surface area contributed by atoms with E-state index in [-0.39, 0.29) is 5.56 Å². The molecule has 1 aliphatic rings. The Balaban J connectivity index is 1.93. The summed E-state index contributed by atoms with van der Waals surface area (Å²) in [5.41, 5.74) is 0.242. The minimum Gasteiger partial charge on any atom is -0.390 e. The number of non-ortho nitro benzene ring substituents is 1. The number of anilines is 2. The molecule has 0 spiro atoms. The van der Waals surface area contributed by atoms with Crippen LogP contribution in [0, 0.1) is 15.9 Å². The fourth-order valence-corrected chi connectivity index (χ4v) is 3.61. The average molecular weight is 491 g/mol. The first kappa shape index (κ1) is 25.6. The molecule has 0 aliphatic carbocycles. The van der Waals surface area contributed by atoms with Crippen molar-refractivity contribution in [2.45, 2.75) is 30.8 Å². The number of carbonyl (C=O) groups is 1. The zero-order chi connectivity index (χ0) is 24.9. The summed E-state index contributed by atoms with van der Waals surface area (Å²) in [6.45, 7) is 6.04. The molecule has 0 bridgehead atoms. The van der Waals surface area contributed by atoms with Crippen LogP contribution in [0.3, 0.4) is 0 Å². The lowest BCUT2D eigenvalue weighted by molar-refractivity contribution is -0.385. The normalized spacial score (nSPS) is 14.4. The monoisotopic (exact) mass is 490 g/mol. The largest absolute Gasteiger partial charge is 0.390 e. The van der Waals surface area contributed by atoms with E-state index in [1.165, 1.54) is 0 Å². The lowest BCUT2D eigenvalue weighted by atomic mass is 10.1. The number of benzene rings is 2. The third-order valence-electron chi connectivity index (χ3n) is 5.18. The number of hydrogen-bond acceptors (Lipinski definition) is 8. The number of aliphatic imine (C=N–C) groups is 1. The van der Waals surface area contributed by atoms with Crippen LogP contribution in [-0.2, 0) is 4.74 Å². The van der Waals surface area contributed by atoms with Crippen LogP contribution in [0.4, 0.5) is 21.5 Å². The van der Waals surface area contributed by atoms with Gasteiger partial charge in [0.1, 0.15) is 5.82 Å². The van der Waals surface area contributed by atoms with Gasteiger partial charge in [0.25, 0.3) is 11.6 Å². The number of ether oxygens (including phenoxy) is 1. The second-order valence-corrected chi connectivity index (χ2v) is 9.02. The molecule has 3 rings (SSSR count). The van der Waals surface area contributed by atoms with Gasteiger partial charge in [-0.15, -0.1) is 12.6 Å². The number of nitrogens with one attached hydrogen (secondary N) is 1. The predicted octanol–water partition coefficient (Wildman–Crippen LogP) is 3.69. The number of nitrogens with zero attached hydrogens (tertiary/aromatic N) is 3. The smallest absolute Gasteiger partial charge is 0.273 e. The van der Waals surface area contributed by atoms with E-state index < -0.39 is 27.9 Å². The second-order valence-electron chi connectivity index (χ2n) is 8.53. The summed E-state index contributed by atoms with van der Waals surface area (Å²) < 4.78 is 19.3. The molecule has 0 radical (unpaired) electrons. The molecule has 1 amide bonds. The number of hydrogen-bond donors (Lipinski definition) is 3. The molecule has 1 saturated heterocycles. The third-order valence-corrected chi connectivity index (χ3v) is 5.57. The fraction of sp³-hybridized carbons (Fsp3) is 0.391. The maximum absolute atomic E-state index is 13.9. The SMILES string of the molecule is CC(C)(O)CCN=Cc1cc(NC(=O)c2cc(F)cc([N+](=O)[O-])c2)c(N2CCOCC2)cc1S. The van der Waals surface area contributed by atoms with Crippen molar-refractivity contribution < 1.29 is 24.0 Å². The van der Waals surface area contributed by atoms with Crippen molar-refractivity contribution in [3.8, 4) is 0 Å². The van der Waals surface area contributed by atoms with Crippen LogP contribution in [0.5, 0.6) is 0 Å². The highest BCUT2D eigenvalue weighted by Gasteiger charge is 2.20. The van der Waals surface area contributed by atoms with Gasteiger partial charge in [0.2, 0.25) is 0 Å². The molecular formula is C23H27FN4O5S. The first-order chi connectivity index (χ1) is 16.0. The molecule has 1 fully saturated rings. The Morgan fingerprint density at radius 3 is 2.68 bits per heavy atom. The highest BCUT2D eigenvalue weighted by atomic mass is 32.1. The van der Waals surface area contributed by atoms with E-state index >= 15 is 0 Å². The summed E-state index contributed by atoms with van der Waals surface area (Å²) >= 11 is 4.57. The van der Waals surface area contributed by atoms with E-state index in [9.17, 15) is 24.4 Å². The molecule has 1 heterocycles. The molecule has 182 valence electrons. The average Bonchev–Trinajstić information content (AvgIpc) is 2.77. The molecule has 2 aromatic rings. The van der Waals surface area contributed by atoms with E-state index in [0.717, 1.165) is 18.2 Å². The predicted molar refractivity (Wildman–Crippen MR) is 131 cm³/mol. The first-order valence-electron chi connectivity index (χ1n) is 10.7. The molecular weight excluding hydrogens is 463 g/mol. The summed E-state index contributed by atoms with van der Waals surface area (Å²) in [5, 5.41) is 23.7. The van der Waals surface area contributed by atoms with Crippen molar-refractivity contribution in [1.82, 2.24) is 0 Å². The maximum atomic E-state index is 13.9. The Kier molecular flexibility index (Phi) is 8.24. The summed E-state index contributed by atoms with van der Waals surface area (Å²) in [7, 11) is 0. The zero-order valence-corrected chi connectivity index (χ0v) is 19.8. The summed E-state index contributed by atoms with van der Waals surface area (Å²) in [6.07, 6.45) is 2.08. The minimum absolute atomic E-state index is 0.171. The zero-order valence-electron chi connectivity index (χ0n) is 19.0. The number of aliphatic hydroxyl groups is 1. The van der Waals surface area contributed by atoms with Gasteiger partial charge in [-0.3, -0.25) is 19.9 Å². The van der Waals surface area contributed by atoms with Crippen LogP contribution < -0.4 is 10.2 Å². The Hall–Kier alpha value is -3.02. The van der Waals surface area contributed by atoms with Gasteiger partial charge in [-0.1, -0.05) is 0 Å². The van der Waals surface area contributed by atoms with E-state index in [1.807, 2.05) is 4.90 Å². The first-order valence-corrected chi connectivity index (χ1v) is 11.2. The van der Waals surface area contributed by atoms with Crippen LogP contribution in [0.25, 0.3) is 0 Å². The van der Waals surface area contributed by atoms with Gasteiger partial charge in [-0.2, -0.15) is 0 Å². The molecule has 34 heavy (non-hydrogen) atoms. The molecule has 0 aromatic heterocycles. The summed E-state index contributed by atoms with van der Waals surface area (Å²) in [6, 6.07) is 6.23. The Morgan fingerprint density at radius 1 is 1.32 bits per heavy atom. The van der Waals surface area contributed by atoms with Crippen molar-refractivity contribution in [2.75, 3.05) is 43.1 Å². The molecule has 2 N–H and O–H groups in total. The molecule has 0 unspecified atom stereocenters. The van der Waals surface area contributed by atoms with E-state index in [1.54, 1.807) is 32.2 Å². The summed E-state index contributed by atoms with van der Waals surface area (Å²) in [4.78, 5) is 30.2. The highest BCUT2D eigenvalue weighted by Crippen LogP contribution is 2.32. The fourth-order valence-electron chi connectivity index (χ4n) is 3.37. The van der Waals surface area contributed by atoms with Crippen molar-refractivity contribution in [1.29, 1.82) is 0 Å². The Labute approximate surface area is 202 Å². The van der Waals surface area contributed by atoms with Gasteiger partial charge < -0.3 is 20.1 Å². The molecule has 0 atom stereocenters. The van der Waals surface area contributed by atoms with Crippen LogP contribution >= 0.6 is 12.6 Å². The quantitative estimate of drug-likeness (QED) is 0.225. The van der Waals surface area contributed by atoms with Gasteiger partial charge in [0.05, 0.1) is 41.2 Å². The standard InChI is InChI=1S/C23H27FN4O5S/c1-23(2,30)3-4-25-14-16-11-19(20(13-21(16)34)27-5-7-33-8-6-27)26-22(29)15-9-17(24)12-18(10-15)28(31)32/h9-14,30,34H,3-8H2,1-2H3,(H,26,29). The van der Waals surface area contributed by atoms with Gasteiger partial charge in [-0.05, 0) is 38.5 Å². The number of halogens is 1. The summed E-state index contributed by atoms with van der Waals surface area (Å²) in [5.74, 6) is -1.56. The van der Waals surface area contributed by atoms with Crippen LogP contribution in [0.1, 0.15) is 36.2 Å². The van der Waals surface area contributed by atoms with Crippen molar-refractivity contribution in [2.24, 2.45) is 4.99 Å². The molecule has 1 aliphatic heterocycles. The lowest BCUT2D eigenvalue weighted by Gasteiger charge is -2.31. The Bertz CT molecular complexity index is 1100. The molecule has 11 heteroatoms. The Morgan fingerprint density at radius 2 is 2.03 bits per heavy atom. The maximum Gasteiger partial charge on any atom is 0.273 e. The van der Waals surface area contributed by atoms with Crippen LogP contribution in [-0.4, -0.2) is 60.6 Å². The lowest BCUT2D eigenvalue weighted by Crippen LogP contribution is -2.36. The minimum atomic E-state index is -0.877. The van der Waals surface area contributed by atoms with Gasteiger partial charge in [0, 0.05) is 47.9 Å². The molecule has 9 nitrogen and oxygen atoms in total. The van der Waals surface area contributed by atoms with Crippen molar-refractivity contribution in [3.05, 3.63) is 57.4 Å². The number of nitro groups is 1. The number of morpholine rings is 1. The molecule has 0 saturated carbocycles. The number of nitro benzene ring substituents is 1. The third kappa shape index (κ3) is 6.99. The number of rotatable bonds is 8. The second kappa shape index (κ2) is 10.9. The van der Waals surface area contributed by atoms with Gasteiger partial charge in [-0.25, -0.2) is 4.39 Å². The van der Waals surface area contributed by atoms with Gasteiger partial charge in [0.15, 0.2) is 0 Å². The van der Waals surface area contributed by atoms with E-state index in [4.69, 9.17) is 4.74 Å². The number of amides is 1. The van der Waals surface area contributed by atoms with Crippen LogP contribution in [0.2, 0.25) is 0 Å². The van der Waals surface area contributed by atoms with Gasteiger partial charge >= 0.3 is 0 Å². The van der Waals surface area contributed by atoms with Crippen molar-refractivity contribution >= 4 is 41.8 Å². The van der Waals surface area contributed by atoms with E-state index in [0.29, 0.717) is 61.1 Å². The highest BCUT2D eigenvalue weighted by molar-refractivity contribution is 7.80. The number of carbonyl (C=O) groups excluding carboxylic acids is 1. The topological polar surface area (TPSA) is 117 Å².